The fourth-order valence-corrected chi connectivity index (χ4v) is 4.89. The molecule has 1 unspecified atom stereocenters. The van der Waals surface area contributed by atoms with Crippen molar-refractivity contribution in [3.63, 3.8) is 0 Å². The highest BCUT2D eigenvalue weighted by molar-refractivity contribution is 6.52. The van der Waals surface area contributed by atoms with Gasteiger partial charge in [-0.1, -0.05) is 42.5 Å². The van der Waals surface area contributed by atoms with Gasteiger partial charge in [0.05, 0.1) is 30.4 Å². The molecular weight excluding hydrogens is 504 g/mol. The highest BCUT2D eigenvalue weighted by atomic mass is 19.2. The second kappa shape index (κ2) is 10.6. The summed E-state index contributed by atoms with van der Waals surface area (Å²) in [4.78, 5) is 28.1. The lowest BCUT2D eigenvalue weighted by Gasteiger charge is -2.26. The molecule has 0 saturated carbocycles. The summed E-state index contributed by atoms with van der Waals surface area (Å²) in [6.45, 7) is 4.29. The summed E-state index contributed by atoms with van der Waals surface area (Å²) in [5.74, 6) is -3.90. The molecular formula is C31H25F2NO5. The first-order chi connectivity index (χ1) is 18.8. The van der Waals surface area contributed by atoms with E-state index in [1.54, 1.807) is 37.3 Å². The van der Waals surface area contributed by atoms with Crippen molar-refractivity contribution < 1.29 is 33.0 Å². The van der Waals surface area contributed by atoms with E-state index in [-0.39, 0.29) is 29.2 Å². The van der Waals surface area contributed by atoms with E-state index < -0.39 is 35.1 Å². The fraction of sp³-hybridized carbons (Fsp3) is 0.161. The van der Waals surface area contributed by atoms with Gasteiger partial charge in [-0.3, -0.25) is 14.5 Å². The number of benzene rings is 4. The summed E-state index contributed by atoms with van der Waals surface area (Å²) in [6, 6.07) is 19.4. The number of amides is 1. The molecule has 6 nitrogen and oxygen atoms in total. The molecule has 198 valence electrons. The molecule has 1 fully saturated rings. The van der Waals surface area contributed by atoms with E-state index in [1.807, 2.05) is 37.3 Å². The third-order valence-electron chi connectivity index (χ3n) is 6.56. The predicted octanol–water partition coefficient (Wildman–Crippen LogP) is 6.54. The third-order valence-corrected chi connectivity index (χ3v) is 6.56. The Morgan fingerprint density at radius 1 is 0.872 bits per heavy atom. The molecule has 0 bridgehead atoms. The van der Waals surface area contributed by atoms with Gasteiger partial charge < -0.3 is 14.6 Å². The molecule has 4 aromatic rings. The minimum atomic E-state index is -1.17. The maximum Gasteiger partial charge on any atom is 0.300 e. The molecule has 0 spiro atoms. The molecule has 1 N–H and O–H groups in total. The molecule has 1 aliphatic heterocycles. The number of anilines is 1. The van der Waals surface area contributed by atoms with E-state index in [0.29, 0.717) is 17.9 Å². The second-order valence-corrected chi connectivity index (χ2v) is 8.86. The van der Waals surface area contributed by atoms with Crippen LogP contribution in [0.25, 0.3) is 16.5 Å². The van der Waals surface area contributed by atoms with Gasteiger partial charge in [0.25, 0.3) is 11.7 Å². The van der Waals surface area contributed by atoms with Gasteiger partial charge in [-0.15, -0.1) is 0 Å². The van der Waals surface area contributed by atoms with Crippen molar-refractivity contribution in [1.82, 2.24) is 0 Å². The number of hydrogen-bond donors (Lipinski definition) is 1. The standard InChI is InChI=1S/C31H25F2NO5/c1-3-38-20-13-14-23(26(17-20)39-4-2)29(35)27-28(22-11-7-9-18-8-5-6-10-21(18)22)34(31(37)30(27)36)19-12-15-24(32)25(33)16-19/h5-17,28,35H,3-4H2,1-2H3/b29-27+. The average Bonchev–Trinajstić information content (AvgIpc) is 3.20. The highest BCUT2D eigenvalue weighted by Gasteiger charge is 2.47. The first-order valence-electron chi connectivity index (χ1n) is 12.5. The number of Topliss-reactive ketones (excluding diaryl/α,β-unsaturated/α-hetero) is 1. The molecule has 0 radical (unpaired) electrons. The van der Waals surface area contributed by atoms with Gasteiger partial charge in [-0.2, -0.15) is 0 Å². The van der Waals surface area contributed by atoms with Gasteiger partial charge in [0, 0.05) is 17.8 Å². The van der Waals surface area contributed by atoms with Crippen LogP contribution in [0, 0.1) is 11.6 Å². The van der Waals surface area contributed by atoms with Crippen molar-refractivity contribution in [3.8, 4) is 11.5 Å². The monoisotopic (exact) mass is 529 g/mol. The smallest absolute Gasteiger partial charge is 0.300 e. The number of rotatable bonds is 7. The van der Waals surface area contributed by atoms with E-state index in [1.165, 1.54) is 6.07 Å². The van der Waals surface area contributed by atoms with Crippen LogP contribution in [0.3, 0.4) is 0 Å². The van der Waals surface area contributed by atoms with Crippen LogP contribution in [0.5, 0.6) is 11.5 Å². The maximum absolute atomic E-state index is 14.3. The van der Waals surface area contributed by atoms with Crippen LogP contribution in [0.4, 0.5) is 14.5 Å². The van der Waals surface area contributed by atoms with Crippen molar-refractivity contribution in [2.75, 3.05) is 18.1 Å². The summed E-state index contributed by atoms with van der Waals surface area (Å²) in [6.07, 6.45) is 0. The van der Waals surface area contributed by atoms with Crippen molar-refractivity contribution >= 4 is 33.9 Å². The van der Waals surface area contributed by atoms with Crippen LogP contribution in [0.2, 0.25) is 0 Å². The Labute approximate surface area is 223 Å². The molecule has 0 aliphatic carbocycles. The van der Waals surface area contributed by atoms with Gasteiger partial charge in [-0.05, 0) is 54.4 Å². The van der Waals surface area contributed by atoms with E-state index in [9.17, 15) is 23.5 Å². The minimum Gasteiger partial charge on any atom is -0.507 e. The first kappa shape index (κ1) is 25.9. The topological polar surface area (TPSA) is 76.1 Å². The Morgan fingerprint density at radius 3 is 2.36 bits per heavy atom. The van der Waals surface area contributed by atoms with Gasteiger partial charge >= 0.3 is 0 Å². The zero-order valence-corrected chi connectivity index (χ0v) is 21.3. The van der Waals surface area contributed by atoms with Crippen LogP contribution in [-0.2, 0) is 9.59 Å². The lowest BCUT2D eigenvalue weighted by atomic mass is 9.91. The van der Waals surface area contributed by atoms with Crippen molar-refractivity contribution in [1.29, 1.82) is 0 Å². The van der Waals surface area contributed by atoms with E-state index in [4.69, 9.17) is 9.47 Å². The number of halogens is 2. The van der Waals surface area contributed by atoms with Crippen LogP contribution in [-0.4, -0.2) is 30.0 Å². The third kappa shape index (κ3) is 4.58. The second-order valence-electron chi connectivity index (χ2n) is 8.86. The van der Waals surface area contributed by atoms with Gasteiger partial charge in [0.15, 0.2) is 11.6 Å². The molecule has 1 amide bonds. The number of carbonyl (C=O) groups excluding carboxylic acids is 2. The molecule has 1 heterocycles. The number of nitrogens with zero attached hydrogens (tertiary/aromatic N) is 1. The zero-order chi connectivity index (χ0) is 27.7. The lowest BCUT2D eigenvalue weighted by Crippen LogP contribution is -2.29. The number of ether oxygens (including phenoxy) is 2. The average molecular weight is 530 g/mol. The molecule has 1 atom stereocenters. The van der Waals surface area contributed by atoms with Crippen LogP contribution in [0.15, 0.2) is 84.4 Å². The summed E-state index contributed by atoms with van der Waals surface area (Å²) in [5, 5.41) is 13.2. The number of fused-ring (bicyclic) bond motifs is 1. The van der Waals surface area contributed by atoms with E-state index >= 15 is 0 Å². The van der Waals surface area contributed by atoms with E-state index in [2.05, 4.69) is 0 Å². The van der Waals surface area contributed by atoms with E-state index in [0.717, 1.165) is 27.8 Å². The molecule has 39 heavy (non-hydrogen) atoms. The predicted molar refractivity (Wildman–Crippen MR) is 144 cm³/mol. The summed E-state index contributed by atoms with van der Waals surface area (Å²) >= 11 is 0. The molecule has 0 aromatic heterocycles. The van der Waals surface area contributed by atoms with Gasteiger partial charge in [0.2, 0.25) is 0 Å². The largest absolute Gasteiger partial charge is 0.507 e. The normalized spacial score (nSPS) is 16.6. The van der Waals surface area contributed by atoms with Crippen LogP contribution >= 0.6 is 0 Å². The Kier molecular flexibility index (Phi) is 7.02. The first-order valence-corrected chi connectivity index (χ1v) is 12.5. The fourth-order valence-electron chi connectivity index (χ4n) is 4.89. The molecule has 8 heteroatoms. The maximum atomic E-state index is 14.3. The van der Waals surface area contributed by atoms with Crippen molar-refractivity contribution in [3.05, 3.63) is 107 Å². The summed E-state index contributed by atoms with van der Waals surface area (Å²) in [5.41, 5.74) is 0.493. The van der Waals surface area contributed by atoms with Crippen LogP contribution in [0.1, 0.15) is 31.0 Å². The Balaban J connectivity index is 1.79. The summed E-state index contributed by atoms with van der Waals surface area (Å²) in [7, 11) is 0. The quantitative estimate of drug-likeness (QED) is 0.167. The Hall–Kier alpha value is -4.72. The SMILES string of the molecule is CCOc1ccc(/C(O)=C2\C(=O)C(=O)N(c3ccc(F)c(F)c3)C2c2cccc3ccccc23)c(OCC)c1. The summed E-state index contributed by atoms with van der Waals surface area (Å²) < 4.78 is 39.4. The van der Waals surface area contributed by atoms with Crippen molar-refractivity contribution in [2.24, 2.45) is 0 Å². The Morgan fingerprint density at radius 2 is 1.62 bits per heavy atom. The molecule has 4 aromatic carbocycles. The van der Waals surface area contributed by atoms with Crippen LogP contribution < -0.4 is 14.4 Å². The molecule has 1 aliphatic rings. The number of aliphatic hydroxyl groups excluding tert-OH is 1. The van der Waals surface area contributed by atoms with Gasteiger partial charge in [0.1, 0.15) is 17.3 Å². The Bertz CT molecular complexity index is 1630. The molecule has 1 saturated heterocycles. The van der Waals surface area contributed by atoms with Crippen molar-refractivity contribution in [2.45, 2.75) is 19.9 Å². The highest BCUT2D eigenvalue weighted by Crippen LogP contribution is 2.45. The minimum absolute atomic E-state index is 0.0234. The zero-order valence-electron chi connectivity index (χ0n) is 21.3. The number of carbonyl (C=O) groups is 2. The van der Waals surface area contributed by atoms with Gasteiger partial charge in [-0.25, -0.2) is 8.78 Å². The molecule has 5 rings (SSSR count). The number of ketones is 1. The number of hydrogen-bond acceptors (Lipinski definition) is 5. The lowest BCUT2D eigenvalue weighted by molar-refractivity contribution is -0.132. The number of aliphatic hydroxyl groups is 1.